The molecule has 5 rings (SSSR count). The zero-order valence-electron chi connectivity index (χ0n) is 15.7. The minimum atomic E-state index is 0.475. The molecular formula is C21H18N6O2. The lowest BCUT2D eigenvalue weighted by Crippen LogP contribution is -1.92. The van der Waals surface area contributed by atoms with Crippen LogP contribution in [0.1, 0.15) is 11.5 Å². The van der Waals surface area contributed by atoms with Crippen molar-refractivity contribution in [2.45, 2.75) is 12.8 Å². The molecule has 0 atom stereocenters. The topological polar surface area (TPSA) is 106 Å². The molecule has 4 heterocycles. The Morgan fingerprint density at radius 1 is 1.03 bits per heavy atom. The number of rotatable bonds is 6. The van der Waals surface area contributed by atoms with Gasteiger partial charge in [-0.05, 0) is 30.2 Å². The van der Waals surface area contributed by atoms with Gasteiger partial charge in [0.1, 0.15) is 11.4 Å². The van der Waals surface area contributed by atoms with Crippen LogP contribution in [-0.4, -0.2) is 37.5 Å². The van der Waals surface area contributed by atoms with E-state index >= 15 is 0 Å². The van der Waals surface area contributed by atoms with Crippen molar-refractivity contribution in [2.75, 3.05) is 7.11 Å². The zero-order chi connectivity index (χ0) is 19.6. The number of hydrogen-bond acceptors (Lipinski definition) is 6. The highest BCUT2D eigenvalue weighted by Gasteiger charge is 2.15. The van der Waals surface area contributed by atoms with Gasteiger partial charge in [-0.25, -0.2) is 4.98 Å². The number of aromatic amines is 2. The van der Waals surface area contributed by atoms with Crippen LogP contribution in [0, 0.1) is 0 Å². The summed E-state index contributed by atoms with van der Waals surface area (Å²) < 4.78 is 11.2. The Labute approximate surface area is 166 Å². The van der Waals surface area contributed by atoms with Crippen LogP contribution in [0.15, 0.2) is 59.5 Å². The number of methoxy groups -OCH3 is 1. The van der Waals surface area contributed by atoms with Gasteiger partial charge in [0.05, 0.1) is 18.9 Å². The number of ether oxygens (including phenoxy) is 1. The highest BCUT2D eigenvalue weighted by Crippen LogP contribution is 2.30. The smallest absolute Gasteiger partial charge is 0.249 e. The van der Waals surface area contributed by atoms with E-state index in [1.54, 1.807) is 19.5 Å². The predicted molar refractivity (Wildman–Crippen MR) is 107 cm³/mol. The maximum Gasteiger partial charge on any atom is 0.249 e. The Morgan fingerprint density at radius 2 is 2.00 bits per heavy atom. The lowest BCUT2D eigenvalue weighted by atomic mass is 10.1. The third-order valence-corrected chi connectivity index (χ3v) is 4.82. The van der Waals surface area contributed by atoms with Gasteiger partial charge in [-0.2, -0.15) is 5.10 Å². The fraction of sp³-hybridized carbons (Fsp3) is 0.143. The summed E-state index contributed by atoms with van der Waals surface area (Å²) in [6.07, 6.45) is 8.69. The molecule has 0 spiro atoms. The fourth-order valence-corrected chi connectivity index (χ4v) is 3.29. The van der Waals surface area contributed by atoms with E-state index in [0.29, 0.717) is 18.2 Å². The van der Waals surface area contributed by atoms with Crippen LogP contribution in [0.4, 0.5) is 0 Å². The molecule has 0 bridgehead atoms. The first kappa shape index (κ1) is 17.2. The van der Waals surface area contributed by atoms with Gasteiger partial charge in [0.25, 0.3) is 0 Å². The molecule has 4 aromatic heterocycles. The van der Waals surface area contributed by atoms with E-state index in [9.17, 15) is 0 Å². The Kier molecular flexibility index (Phi) is 4.28. The molecule has 2 N–H and O–H groups in total. The molecule has 0 fully saturated rings. The van der Waals surface area contributed by atoms with Crippen LogP contribution in [0.5, 0.6) is 5.75 Å². The van der Waals surface area contributed by atoms with Crippen LogP contribution in [-0.2, 0) is 12.8 Å². The molecule has 0 radical (unpaired) electrons. The number of aromatic nitrogens is 6. The van der Waals surface area contributed by atoms with Gasteiger partial charge in [0.2, 0.25) is 11.8 Å². The van der Waals surface area contributed by atoms with Crippen LogP contribution < -0.4 is 4.74 Å². The van der Waals surface area contributed by atoms with E-state index in [-0.39, 0.29) is 0 Å². The second-order valence-electron chi connectivity index (χ2n) is 6.66. The van der Waals surface area contributed by atoms with Crippen LogP contribution in [0.25, 0.3) is 33.6 Å². The van der Waals surface area contributed by atoms with Crippen molar-refractivity contribution in [1.82, 2.24) is 30.4 Å². The van der Waals surface area contributed by atoms with Crippen LogP contribution in [0.2, 0.25) is 0 Å². The summed E-state index contributed by atoms with van der Waals surface area (Å²) in [5.74, 6) is 1.91. The largest absolute Gasteiger partial charge is 0.497 e. The maximum absolute atomic E-state index is 5.93. The summed E-state index contributed by atoms with van der Waals surface area (Å²) in [5, 5.41) is 16.2. The molecular weight excluding hydrogens is 368 g/mol. The second-order valence-corrected chi connectivity index (χ2v) is 6.66. The summed E-state index contributed by atoms with van der Waals surface area (Å²) in [4.78, 5) is 7.65. The van der Waals surface area contributed by atoms with Gasteiger partial charge < -0.3 is 14.1 Å². The highest BCUT2D eigenvalue weighted by atomic mass is 16.5. The first-order chi connectivity index (χ1) is 14.3. The lowest BCUT2D eigenvalue weighted by molar-refractivity contribution is 0.414. The number of nitrogens with zero attached hydrogens (tertiary/aromatic N) is 4. The number of pyridine rings is 1. The molecule has 0 saturated heterocycles. The summed E-state index contributed by atoms with van der Waals surface area (Å²) in [5.41, 5.74) is 4.69. The number of fused-ring (bicyclic) bond motifs is 1. The Bertz CT molecular complexity index is 1260. The SMILES string of the molecule is COc1cccc(CCc2nnc(-c3c[nH]c4ncc(-c5cn[nH]c5)cc34)o2)c1. The quantitative estimate of drug-likeness (QED) is 0.460. The normalized spacial score (nSPS) is 11.2. The Hall–Kier alpha value is -3.94. The Balaban J connectivity index is 1.39. The number of hydrogen-bond donors (Lipinski definition) is 2. The zero-order valence-corrected chi connectivity index (χ0v) is 15.7. The van der Waals surface area contributed by atoms with E-state index in [1.165, 1.54) is 0 Å². The minimum absolute atomic E-state index is 0.475. The molecule has 0 aliphatic rings. The third kappa shape index (κ3) is 3.36. The predicted octanol–water partition coefficient (Wildman–Crippen LogP) is 3.80. The Morgan fingerprint density at radius 3 is 2.86 bits per heavy atom. The number of benzene rings is 1. The molecule has 0 amide bonds. The number of H-pyrrole nitrogens is 2. The van der Waals surface area contributed by atoms with Crippen molar-refractivity contribution in [2.24, 2.45) is 0 Å². The molecule has 29 heavy (non-hydrogen) atoms. The van der Waals surface area contributed by atoms with Gasteiger partial charge in [-0.1, -0.05) is 12.1 Å². The van der Waals surface area contributed by atoms with Crippen LogP contribution >= 0.6 is 0 Å². The van der Waals surface area contributed by atoms with Crippen LogP contribution in [0.3, 0.4) is 0 Å². The summed E-state index contributed by atoms with van der Waals surface area (Å²) in [6, 6.07) is 10.0. The van der Waals surface area contributed by atoms with Crippen molar-refractivity contribution in [1.29, 1.82) is 0 Å². The summed E-state index contributed by atoms with van der Waals surface area (Å²) in [7, 11) is 1.66. The summed E-state index contributed by atoms with van der Waals surface area (Å²) >= 11 is 0. The first-order valence-corrected chi connectivity index (χ1v) is 9.22. The number of nitrogens with one attached hydrogen (secondary N) is 2. The molecule has 0 aliphatic carbocycles. The molecule has 0 unspecified atom stereocenters. The highest BCUT2D eigenvalue weighted by molar-refractivity contribution is 5.93. The first-order valence-electron chi connectivity index (χ1n) is 9.22. The van der Waals surface area contributed by atoms with E-state index < -0.39 is 0 Å². The van der Waals surface area contributed by atoms with E-state index in [4.69, 9.17) is 9.15 Å². The third-order valence-electron chi connectivity index (χ3n) is 4.82. The average molecular weight is 386 g/mol. The van der Waals surface area contributed by atoms with Gasteiger partial charge >= 0.3 is 0 Å². The van der Waals surface area contributed by atoms with Gasteiger partial charge in [-0.15, -0.1) is 10.2 Å². The summed E-state index contributed by atoms with van der Waals surface area (Å²) in [6.45, 7) is 0. The molecule has 0 saturated carbocycles. The van der Waals surface area contributed by atoms with E-state index in [2.05, 4.69) is 36.4 Å². The van der Waals surface area contributed by atoms with Crippen molar-refractivity contribution in [3.8, 4) is 28.3 Å². The fourth-order valence-electron chi connectivity index (χ4n) is 3.29. The van der Waals surface area contributed by atoms with Gasteiger partial charge in [0, 0.05) is 41.5 Å². The van der Waals surface area contributed by atoms with Gasteiger partial charge in [0.15, 0.2) is 0 Å². The molecule has 5 aromatic rings. The molecule has 1 aromatic carbocycles. The monoisotopic (exact) mass is 386 g/mol. The van der Waals surface area contributed by atoms with E-state index in [0.717, 1.165) is 45.5 Å². The molecule has 8 heteroatoms. The van der Waals surface area contributed by atoms with Crippen molar-refractivity contribution < 1.29 is 9.15 Å². The van der Waals surface area contributed by atoms with Crippen molar-refractivity contribution in [3.05, 3.63) is 66.6 Å². The molecule has 144 valence electrons. The van der Waals surface area contributed by atoms with Gasteiger partial charge in [-0.3, -0.25) is 5.10 Å². The second kappa shape index (κ2) is 7.23. The average Bonchev–Trinajstić information content (AvgIpc) is 3.52. The number of aryl methyl sites for hydroxylation is 2. The maximum atomic E-state index is 5.93. The van der Waals surface area contributed by atoms with Crippen molar-refractivity contribution in [3.63, 3.8) is 0 Å². The lowest BCUT2D eigenvalue weighted by Gasteiger charge is -2.02. The standard InChI is InChI=1S/C21H18N6O2/c1-28-16-4-2-3-13(7-16)5-6-19-26-27-21(29-19)18-12-23-20-17(18)8-14(9-22-20)15-10-24-25-11-15/h2-4,7-12H,5-6H2,1H3,(H,22,23)(H,24,25). The minimum Gasteiger partial charge on any atom is -0.497 e. The van der Waals surface area contributed by atoms with E-state index in [1.807, 2.05) is 36.7 Å². The van der Waals surface area contributed by atoms with Crippen molar-refractivity contribution >= 4 is 11.0 Å². The molecule has 0 aliphatic heterocycles. The molecule has 8 nitrogen and oxygen atoms in total.